The van der Waals surface area contributed by atoms with E-state index in [1.54, 1.807) is 0 Å². The number of benzene rings is 1. The van der Waals surface area contributed by atoms with Gasteiger partial charge >= 0.3 is 0 Å². The van der Waals surface area contributed by atoms with E-state index in [4.69, 9.17) is 4.74 Å². The lowest BCUT2D eigenvalue weighted by Crippen LogP contribution is -2.10. The molecule has 4 nitrogen and oxygen atoms in total. The molecule has 0 unspecified atom stereocenters. The van der Waals surface area contributed by atoms with Gasteiger partial charge in [0.15, 0.2) is 0 Å². The zero-order valence-corrected chi connectivity index (χ0v) is 10.7. The second-order valence-electron chi connectivity index (χ2n) is 5.13. The van der Waals surface area contributed by atoms with Crippen LogP contribution in [-0.2, 0) is 5.41 Å². The van der Waals surface area contributed by atoms with Crippen LogP contribution in [0.5, 0.6) is 11.6 Å². The van der Waals surface area contributed by atoms with E-state index in [-0.39, 0.29) is 11.0 Å². The van der Waals surface area contributed by atoms with E-state index in [0.29, 0.717) is 11.6 Å². The van der Waals surface area contributed by atoms with Crippen molar-refractivity contribution >= 4 is 0 Å². The van der Waals surface area contributed by atoms with Crippen molar-refractivity contribution in [3.05, 3.63) is 52.6 Å². The summed E-state index contributed by atoms with van der Waals surface area (Å²) in [5.74, 6) is 0.961. The maximum absolute atomic E-state index is 11.1. The van der Waals surface area contributed by atoms with Gasteiger partial charge < -0.3 is 9.72 Å². The Balaban J connectivity index is 2.19. The first-order valence-electron chi connectivity index (χ1n) is 5.78. The quantitative estimate of drug-likeness (QED) is 0.883. The third kappa shape index (κ3) is 2.97. The van der Waals surface area contributed by atoms with Gasteiger partial charge in [-0.1, -0.05) is 32.9 Å². The average molecular weight is 244 g/mol. The number of hydrogen-bond donors (Lipinski definition) is 1. The number of ether oxygens (including phenoxy) is 1. The van der Waals surface area contributed by atoms with Crippen LogP contribution in [0.2, 0.25) is 0 Å². The predicted octanol–water partition coefficient (Wildman–Crippen LogP) is 2.86. The minimum Gasteiger partial charge on any atom is -0.439 e. The molecule has 0 atom stereocenters. The molecule has 4 heteroatoms. The SMILES string of the molecule is CC(C)(C)c1ccc(Oc2cc(=O)[nH]cn2)cc1. The number of H-pyrrole nitrogens is 1. The van der Waals surface area contributed by atoms with Crippen LogP contribution in [0, 0.1) is 0 Å². The molecule has 0 bridgehead atoms. The van der Waals surface area contributed by atoms with Crippen LogP contribution < -0.4 is 10.3 Å². The summed E-state index contributed by atoms with van der Waals surface area (Å²) >= 11 is 0. The zero-order chi connectivity index (χ0) is 13.2. The molecule has 18 heavy (non-hydrogen) atoms. The standard InChI is InChI=1S/C14H16N2O2/c1-14(2,3)10-4-6-11(7-5-10)18-13-8-12(17)15-9-16-13/h4-9H,1-3H3,(H,15,16,17). The molecule has 1 N–H and O–H groups in total. The summed E-state index contributed by atoms with van der Waals surface area (Å²) in [4.78, 5) is 17.5. The van der Waals surface area contributed by atoms with Crippen molar-refractivity contribution < 1.29 is 4.74 Å². The van der Waals surface area contributed by atoms with Gasteiger partial charge in [0, 0.05) is 0 Å². The van der Waals surface area contributed by atoms with Crippen LogP contribution in [-0.4, -0.2) is 9.97 Å². The first-order valence-corrected chi connectivity index (χ1v) is 5.78. The zero-order valence-electron chi connectivity index (χ0n) is 10.7. The van der Waals surface area contributed by atoms with Crippen LogP contribution in [0.1, 0.15) is 26.3 Å². The second-order valence-corrected chi connectivity index (χ2v) is 5.13. The third-order valence-electron chi connectivity index (χ3n) is 2.60. The molecule has 94 valence electrons. The summed E-state index contributed by atoms with van der Waals surface area (Å²) in [6.07, 6.45) is 1.32. The molecular formula is C14H16N2O2. The van der Waals surface area contributed by atoms with Crippen molar-refractivity contribution in [3.8, 4) is 11.6 Å². The van der Waals surface area contributed by atoms with E-state index < -0.39 is 0 Å². The largest absolute Gasteiger partial charge is 0.439 e. The first-order chi connectivity index (χ1) is 8.45. The van der Waals surface area contributed by atoms with E-state index in [9.17, 15) is 4.79 Å². The van der Waals surface area contributed by atoms with Gasteiger partial charge in [0.25, 0.3) is 5.56 Å². The van der Waals surface area contributed by atoms with Crippen molar-refractivity contribution in [1.82, 2.24) is 9.97 Å². The molecule has 0 aliphatic heterocycles. The Morgan fingerprint density at radius 3 is 2.39 bits per heavy atom. The van der Waals surface area contributed by atoms with Gasteiger partial charge in [0.1, 0.15) is 5.75 Å². The highest BCUT2D eigenvalue weighted by Gasteiger charge is 2.13. The maximum atomic E-state index is 11.1. The first kappa shape index (κ1) is 12.4. The number of hydrogen-bond acceptors (Lipinski definition) is 3. The highest BCUT2D eigenvalue weighted by Crippen LogP contribution is 2.25. The smallest absolute Gasteiger partial charge is 0.254 e. The molecule has 1 heterocycles. The van der Waals surface area contributed by atoms with Crippen molar-refractivity contribution in [2.75, 3.05) is 0 Å². The van der Waals surface area contributed by atoms with E-state index >= 15 is 0 Å². The summed E-state index contributed by atoms with van der Waals surface area (Å²) in [6.45, 7) is 6.46. The highest BCUT2D eigenvalue weighted by molar-refractivity contribution is 5.33. The van der Waals surface area contributed by atoms with Crippen molar-refractivity contribution in [1.29, 1.82) is 0 Å². The number of nitrogens with zero attached hydrogens (tertiary/aromatic N) is 1. The van der Waals surface area contributed by atoms with E-state index in [0.717, 1.165) is 0 Å². The van der Waals surface area contributed by atoms with Gasteiger partial charge in [-0.15, -0.1) is 0 Å². The van der Waals surface area contributed by atoms with E-state index in [2.05, 4.69) is 30.7 Å². The molecule has 2 aromatic rings. The highest BCUT2D eigenvalue weighted by atomic mass is 16.5. The predicted molar refractivity (Wildman–Crippen MR) is 70.1 cm³/mol. The van der Waals surface area contributed by atoms with Gasteiger partial charge in [-0.05, 0) is 23.1 Å². The van der Waals surface area contributed by atoms with Crippen molar-refractivity contribution in [2.24, 2.45) is 0 Å². The molecule has 0 spiro atoms. The molecule has 0 saturated heterocycles. The summed E-state index contributed by atoms with van der Waals surface area (Å²) in [6, 6.07) is 9.11. The van der Waals surface area contributed by atoms with Gasteiger partial charge in [-0.3, -0.25) is 4.79 Å². The summed E-state index contributed by atoms with van der Waals surface area (Å²) < 4.78 is 5.50. The topological polar surface area (TPSA) is 55.0 Å². The average Bonchev–Trinajstić information content (AvgIpc) is 2.28. The number of rotatable bonds is 2. The van der Waals surface area contributed by atoms with Crippen LogP contribution >= 0.6 is 0 Å². The molecular weight excluding hydrogens is 228 g/mol. The lowest BCUT2D eigenvalue weighted by Gasteiger charge is -2.19. The molecule has 0 aliphatic carbocycles. The van der Waals surface area contributed by atoms with E-state index in [1.807, 2.05) is 24.3 Å². The molecule has 1 aromatic heterocycles. The number of aromatic nitrogens is 2. The lowest BCUT2D eigenvalue weighted by molar-refractivity contribution is 0.459. The Morgan fingerprint density at radius 2 is 1.83 bits per heavy atom. The fourth-order valence-electron chi connectivity index (χ4n) is 1.55. The van der Waals surface area contributed by atoms with Crippen molar-refractivity contribution in [3.63, 3.8) is 0 Å². The second kappa shape index (κ2) is 4.64. The molecule has 0 radical (unpaired) electrons. The molecule has 0 amide bonds. The minimum atomic E-state index is -0.230. The van der Waals surface area contributed by atoms with Crippen LogP contribution in [0.25, 0.3) is 0 Å². The van der Waals surface area contributed by atoms with E-state index in [1.165, 1.54) is 18.0 Å². The molecule has 0 aliphatic rings. The molecule has 1 aromatic carbocycles. The summed E-state index contributed by atoms with van der Waals surface area (Å²) in [5, 5.41) is 0. The fraction of sp³-hybridized carbons (Fsp3) is 0.286. The van der Waals surface area contributed by atoms with Gasteiger partial charge in [-0.2, -0.15) is 0 Å². The number of nitrogens with one attached hydrogen (secondary N) is 1. The molecule has 0 fully saturated rings. The molecule has 2 rings (SSSR count). The monoisotopic (exact) mass is 244 g/mol. The Kier molecular flexibility index (Phi) is 3.19. The Bertz CT molecular complexity index is 580. The minimum absolute atomic E-state index is 0.112. The van der Waals surface area contributed by atoms with Crippen LogP contribution in [0.3, 0.4) is 0 Å². The fourth-order valence-corrected chi connectivity index (χ4v) is 1.55. The third-order valence-corrected chi connectivity index (χ3v) is 2.60. The van der Waals surface area contributed by atoms with Gasteiger partial charge in [-0.25, -0.2) is 4.98 Å². The van der Waals surface area contributed by atoms with Crippen molar-refractivity contribution in [2.45, 2.75) is 26.2 Å². The molecule has 0 saturated carbocycles. The van der Waals surface area contributed by atoms with Gasteiger partial charge in [0.05, 0.1) is 12.4 Å². The summed E-state index contributed by atoms with van der Waals surface area (Å²) in [7, 11) is 0. The number of aromatic amines is 1. The van der Waals surface area contributed by atoms with Crippen LogP contribution in [0.4, 0.5) is 0 Å². The lowest BCUT2D eigenvalue weighted by atomic mass is 9.87. The van der Waals surface area contributed by atoms with Gasteiger partial charge in [0.2, 0.25) is 5.88 Å². The Labute approximate surface area is 106 Å². The van der Waals surface area contributed by atoms with Crippen LogP contribution in [0.15, 0.2) is 41.5 Å². The maximum Gasteiger partial charge on any atom is 0.254 e. The Morgan fingerprint density at radius 1 is 1.17 bits per heavy atom. The Hall–Kier alpha value is -2.10. The summed E-state index contributed by atoms with van der Waals surface area (Å²) in [5.41, 5.74) is 1.11. The normalized spacial score (nSPS) is 11.3.